The molecule has 0 radical (unpaired) electrons. The molecule has 3 N–H and O–H groups in total. The number of aromatic amines is 1. The molecule has 0 aliphatic carbocycles. The molecule has 6 nitrogen and oxygen atoms in total. The van der Waals surface area contributed by atoms with E-state index in [9.17, 15) is 14.7 Å². The van der Waals surface area contributed by atoms with Gasteiger partial charge in [-0.3, -0.25) is 4.79 Å². The van der Waals surface area contributed by atoms with Crippen LogP contribution in [0.2, 0.25) is 0 Å². The zero-order valence-corrected chi connectivity index (χ0v) is 13.9. The van der Waals surface area contributed by atoms with E-state index in [-0.39, 0.29) is 5.92 Å². The summed E-state index contributed by atoms with van der Waals surface area (Å²) in [5.41, 5.74) is 3.51. The normalized spacial score (nSPS) is 19.2. The van der Waals surface area contributed by atoms with E-state index in [2.05, 4.69) is 10.3 Å². The zero-order valence-electron chi connectivity index (χ0n) is 13.9. The van der Waals surface area contributed by atoms with Gasteiger partial charge in [-0.25, -0.2) is 4.79 Å². The number of nitrogens with one attached hydrogen (secondary N) is 2. The largest absolute Gasteiger partial charge is 0.480 e. The number of aromatic nitrogens is 1. The Balaban J connectivity index is 1.82. The van der Waals surface area contributed by atoms with Gasteiger partial charge in [0.1, 0.15) is 11.7 Å². The number of carboxylic acids is 1. The Morgan fingerprint density at radius 1 is 1.38 bits per heavy atom. The molecule has 2 aromatic rings. The number of aryl methyl sites for hydroxylation is 2. The van der Waals surface area contributed by atoms with Crippen molar-refractivity contribution in [2.45, 2.75) is 32.7 Å². The molecule has 2 atom stereocenters. The monoisotopic (exact) mass is 330 g/mol. The van der Waals surface area contributed by atoms with Gasteiger partial charge in [0, 0.05) is 23.4 Å². The van der Waals surface area contributed by atoms with Gasteiger partial charge in [0.05, 0.1) is 6.61 Å². The standard InChI is InChI=1S/C18H22N2O4/c1-10-5-6-14-13(11(10)2)8-15(19-14)17(21)20-16(18(22)23)12-4-3-7-24-9-12/h5-6,8,12,16,19H,3-4,7,9H2,1-2H3,(H,20,21)(H,22,23). The van der Waals surface area contributed by atoms with Gasteiger partial charge in [0.15, 0.2) is 0 Å². The van der Waals surface area contributed by atoms with Crippen LogP contribution in [0.25, 0.3) is 10.9 Å². The molecule has 0 spiro atoms. The lowest BCUT2D eigenvalue weighted by molar-refractivity contribution is -0.142. The van der Waals surface area contributed by atoms with Gasteiger partial charge in [-0.2, -0.15) is 0 Å². The van der Waals surface area contributed by atoms with Crippen LogP contribution in [-0.4, -0.2) is 41.2 Å². The third kappa shape index (κ3) is 3.14. The van der Waals surface area contributed by atoms with Crippen molar-refractivity contribution in [3.05, 3.63) is 35.0 Å². The summed E-state index contributed by atoms with van der Waals surface area (Å²) < 4.78 is 5.35. The number of ether oxygens (including phenoxy) is 1. The Hall–Kier alpha value is -2.34. The number of carboxylic acid groups (broad SMARTS) is 1. The second-order valence-electron chi connectivity index (χ2n) is 6.42. The number of carbonyl (C=O) groups excluding carboxylic acids is 1. The summed E-state index contributed by atoms with van der Waals surface area (Å²) in [6, 6.07) is 4.77. The third-order valence-electron chi connectivity index (χ3n) is 4.81. The van der Waals surface area contributed by atoms with Crippen molar-refractivity contribution >= 4 is 22.8 Å². The molecule has 0 saturated carbocycles. The van der Waals surface area contributed by atoms with E-state index < -0.39 is 17.9 Å². The van der Waals surface area contributed by atoms with Crippen LogP contribution >= 0.6 is 0 Å². The Morgan fingerprint density at radius 3 is 2.83 bits per heavy atom. The van der Waals surface area contributed by atoms with Crippen LogP contribution in [0.1, 0.15) is 34.5 Å². The third-order valence-corrected chi connectivity index (χ3v) is 4.81. The highest BCUT2D eigenvalue weighted by Crippen LogP contribution is 2.23. The lowest BCUT2D eigenvalue weighted by Gasteiger charge is -2.27. The van der Waals surface area contributed by atoms with Gasteiger partial charge in [-0.15, -0.1) is 0 Å². The minimum absolute atomic E-state index is 0.200. The van der Waals surface area contributed by atoms with Crippen LogP contribution < -0.4 is 5.32 Å². The molecule has 24 heavy (non-hydrogen) atoms. The highest BCUT2D eigenvalue weighted by Gasteiger charge is 2.31. The van der Waals surface area contributed by atoms with E-state index in [1.807, 2.05) is 26.0 Å². The second kappa shape index (κ2) is 6.65. The summed E-state index contributed by atoms with van der Waals surface area (Å²) in [5, 5.41) is 13.1. The molecule has 1 amide bonds. The van der Waals surface area contributed by atoms with Crippen molar-refractivity contribution in [3.63, 3.8) is 0 Å². The number of H-pyrrole nitrogens is 1. The molecule has 1 aliphatic rings. The first-order valence-corrected chi connectivity index (χ1v) is 8.17. The summed E-state index contributed by atoms with van der Waals surface area (Å²) in [7, 11) is 0. The molecule has 6 heteroatoms. The highest BCUT2D eigenvalue weighted by molar-refractivity contribution is 6.00. The molecule has 1 saturated heterocycles. The Morgan fingerprint density at radius 2 is 2.17 bits per heavy atom. The second-order valence-corrected chi connectivity index (χ2v) is 6.42. The summed E-state index contributed by atoms with van der Waals surface area (Å²) in [5.74, 6) is -1.63. The fourth-order valence-electron chi connectivity index (χ4n) is 3.21. The fourth-order valence-corrected chi connectivity index (χ4v) is 3.21. The molecule has 3 rings (SSSR count). The van der Waals surface area contributed by atoms with E-state index in [1.54, 1.807) is 6.07 Å². The van der Waals surface area contributed by atoms with Gasteiger partial charge < -0.3 is 20.1 Å². The van der Waals surface area contributed by atoms with Crippen molar-refractivity contribution in [1.82, 2.24) is 10.3 Å². The van der Waals surface area contributed by atoms with Gasteiger partial charge in [0.2, 0.25) is 0 Å². The van der Waals surface area contributed by atoms with Gasteiger partial charge in [-0.1, -0.05) is 6.07 Å². The maximum absolute atomic E-state index is 12.5. The van der Waals surface area contributed by atoms with E-state index in [1.165, 1.54) is 0 Å². The smallest absolute Gasteiger partial charge is 0.326 e. The Kier molecular flexibility index (Phi) is 4.57. The lowest BCUT2D eigenvalue weighted by atomic mass is 9.93. The van der Waals surface area contributed by atoms with Crippen molar-refractivity contribution in [1.29, 1.82) is 0 Å². The fraction of sp³-hybridized carbons (Fsp3) is 0.444. The van der Waals surface area contributed by atoms with Gasteiger partial charge in [-0.05, 0) is 49.9 Å². The Bertz CT molecular complexity index is 775. The molecule has 0 bridgehead atoms. The average Bonchev–Trinajstić information content (AvgIpc) is 3.01. The zero-order chi connectivity index (χ0) is 17.3. The van der Waals surface area contributed by atoms with Crippen LogP contribution in [0.15, 0.2) is 18.2 Å². The summed E-state index contributed by atoms with van der Waals surface area (Å²) in [4.78, 5) is 27.2. The van der Waals surface area contributed by atoms with Gasteiger partial charge >= 0.3 is 5.97 Å². The van der Waals surface area contributed by atoms with E-state index in [4.69, 9.17) is 4.74 Å². The molecule has 2 heterocycles. The topological polar surface area (TPSA) is 91.4 Å². The van der Waals surface area contributed by atoms with Crippen molar-refractivity contribution in [2.75, 3.05) is 13.2 Å². The van der Waals surface area contributed by atoms with Crippen LogP contribution in [0.4, 0.5) is 0 Å². The molecule has 1 aromatic heterocycles. The predicted octanol–water partition coefficient (Wildman–Crippen LogP) is 2.39. The van der Waals surface area contributed by atoms with Crippen molar-refractivity contribution < 1.29 is 19.4 Å². The predicted molar refractivity (Wildman–Crippen MR) is 90.2 cm³/mol. The summed E-state index contributed by atoms with van der Waals surface area (Å²) in [6.45, 7) is 5.04. The molecule has 1 fully saturated rings. The first-order chi connectivity index (χ1) is 11.5. The molecule has 1 aromatic carbocycles. The first-order valence-electron chi connectivity index (χ1n) is 8.17. The molecular weight excluding hydrogens is 308 g/mol. The van der Waals surface area contributed by atoms with Crippen molar-refractivity contribution in [3.8, 4) is 0 Å². The average molecular weight is 330 g/mol. The number of rotatable bonds is 4. The number of hydrogen-bond acceptors (Lipinski definition) is 3. The summed E-state index contributed by atoms with van der Waals surface area (Å²) in [6.07, 6.45) is 1.55. The minimum Gasteiger partial charge on any atom is -0.480 e. The van der Waals surface area contributed by atoms with Crippen LogP contribution in [0.3, 0.4) is 0 Å². The quantitative estimate of drug-likeness (QED) is 0.803. The van der Waals surface area contributed by atoms with Crippen molar-refractivity contribution in [2.24, 2.45) is 5.92 Å². The SMILES string of the molecule is Cc1ccc2[nH]c(C(=O)NC(C(=O)O)C3CCCOC3)cc2c1C. The maximum Gasteiger partial charge on any atom is 0.326 e. The van der Waals surface area contributed by atoms with E-state index in [0.717, 1.165) is 34.9 Å². The molecule has 1 aliphatic heterocycles. The van der Waals surface area contributed by atoms with E-state index >= 15 is 0 Å². The number of carbonyl (C=O) groups is 2. The molecular formula is C18H22N2O4. The number of aliphatic carboxylic acids is 1. The Labute approximate surface area is 140 Å². The lowest BCUT2D eigenvalue weighted by Crippen LogP contribution is -2.48. The maximum atomic E-state index is 12.5. The number of amides is 1. The van der Waals surface area contributed by atoms with Crippen LogP contribution in [0, 0.1) is 19.8 Å². The number of benzene rings is 1. The highest BCUT2D eigenvalue weighted by atomic mass is 16.5. The minimum atomic E-state index is -1.03. The van der Waals surface area contributed by atoms with Gasteiger partial charge in [0.25, 0.3) is 5.91 Å². The van der Waals surface area contributed by atoms with Crippen LogP contribution in [0.5, 0.6) is 0 Å². The number of fused-ring (bicyclic) bond motifs is 1. The number of hydrogen-bond donors (Lipinski definition) is 3. The van der Waals surface area contributed by atoms with E-state index in [0.29, 0.717) is 18.9 Å². The van der Waals surface area contributed by atoms with Crippen LogP contribution in [-0.2, 0) is 9.53 Å². The molecule has 2 unspecified atom stereocenters. The summed E-state index contributed by atoms with van der Waals surface area (Å²) >= 11 is 0. The molecule has 128 valence electrons. The first kappa shape index (κ1) is 16.5.